The Morgan fingerprint density at radius 2 is 1.02 bits per heavy atom. The number of piperidine rings is 3. The van der Waals surface area contributed by atoms with E-state index in [1.165, 1.54) is 36.9 Å². The average molecular weight is 1310 g/mol. The van der Waals surface area contributed by atoms with Crippen molar-refractivity contribution in [2.24, 2.45) is 5.73 Å². The number of nitrogens with zero attached hydrogens (tertiary/aromatic N) is 4. The van der Waals surface area contributed by atoms with E-state index in [0.29, 0.717) is 90.1 Å². The van der Waals surface area contributed by atoms with E-state index in [4.69, 9.17) is 30.3 Å². The number of nitriles is 1. The Morgan fingerprint density at radius 3 is 1.43 bits per heavy atom. The van der Waals surface area contributed by atoms with Crippen LogP contribution >= 0.6 is 0 Å². The largest absolute Gasteiger partial charge is 0.491 e. The van der Waals surface area contributed by atoms with E-state index >= 15 is 0 Å². The predicted octanol–water partition coefficient (Wildman–Crippen LogP) is 8.44. The van der Waals surface area contributed by atoms with Gasteiger partial charge in [0.1, 0.15) is 53.9 Å². The highest BCUT2D eigenvalue weighted by molar-refractivity contribution is 5.93. The first-order chi connectivity index (χ1) is 45.6. The molecule has 0 saturated carbocycles. The number of primary amides is 1. The van der Waals surface area contributed by atoms with E-state index in [2.05, 4.69) is 54.4 Å². The van der Waals surface area contributed by atoms with Gasteiger partial charge in [0.15, 0.2) is 0 Å². The summed E-state index contributed by atoms with van der Waals surface area (Å²) in [5.74, 6) is -0.0829. The number of amides is 2. The lowest BCUT2D eigenvalue weighted by Crippen LogP contribution is -2.47. The van der Waals surface area contributed by atoms with Gasteiger partial charge < -0.3 is 71.7 Å². The molecule has 0 spiro atoms. The molecule has 3 aliphatic heterocycles. The summed E-state index contributed by atoms with van der Waals surface area (Å²) >= 11 is 0. The summed E-state index contributed by atoms with van der Waals surface area (Å²) in [4.78, 5) is 65.0. The number of nitrogens with one attached hydrogen (secondary N) is 5. The van der Waals surface area contributed by atoms with Crippen LogP contribution in [0.4, 0.5) is 28.4 Å². The molecule has 0 aliphatic carbocycles. The molecule has 0 atom stereocenters. The molecule has 11 N–H and O–H groups in total. The van der Waals surface area contributed by atoms with Crippen LogP contribution in [0.2, 0.25) is 0 Å². The van der Waals surface area contributed by atoms with Crippen LogP contribution in [0.25, 0.3) is 0 Å². The highest BCUT2D eigenvalue weighted by Crippen LogP contribution is 2.27. The number of ether oxygens (including phenoxy) is 4. The summed E-state index contributed by atoms with van der Waals surface area (Å²) in [6.45, 7) is 6.37. The van der Waals surface area contributed by atoms with Crippen LogP contribution in [-0.2, 0) is 16.1 Å². The van der Waals surface area contributed by atoms with Crippen LogP contribution in [-0.4, -0.2) is 157 Å². The maximum Gasteiger partial charge on any atom is 0.337 e. The van der Waals surface area contributed by atoms with Gasteiger partial charge in [-0.25, -0.2) is 9.59 Å². The van der Waals surface area contributed by atoms with Gasteiger partial charge in [0, 0.05) is 80.6 Å². The van der Waals surface area contributed by atoms with E-state index in [-0.39, 0.29) is 31.2 Å². The first-order valence-corrected chi connectivity index (χ1v) is 30.3. The minimum absolute atomic E-state index is 0.0280. The lowest BCUT2D eigenvalue weighted by molar-refractivity contribution is -0.385. The highest BCUT2D eigenvalue weighted by Gasteiger charge is 2.34. The number of likely N-dealkylation sites (tertiary alicyclic amines) is 1. The Bertz CT molecular complexity index is 3460. The molecule has 10 rings (SSSR count). The number of carbonyl (C=O) groups excluding carboxylic acids is 3. The Morgan fingerprint density at radius 1 is 0.589 bits per heavy atom. The van der Waals surface area contributed by atoms with E-state index in [1.54, 1.807) is 110 Å². The zero-order valence-corrected chi connectivity index (χ0v) is 53.2. The zero-order valence-electron chi connectivity index (χ0n) is 53.2. The van der Waals surface area contributed by atoms with Gasteiger partial charge in [-0.05, 0) is 179 Å². The topological polar surface area (TPSA) is 386 Å². The van der Waals surface area contributed by atoms with Crippen LogP contribution < -0.4 is 46.5 Å². The minimum Gasteiger partial charge on any atom is -0.491 e. The summed E-state index contributed by atoms with van der Waals surface area (Å²) in [6, 6.07) is 51.2. The van der Waals surface area contributed by atoms with Crippen LogP contribution in [0.3, 0.4) is 0 Å². The number of aliphatic hydroxyl groups is 3. The number of methoxy groups -OCH3 is 1. The van der Waals surface area contributed by atoms with E-state index in [1.807, 2.05) is 43.4 Å². The van der Waals surface area contributed by atoms with Crippen molar-refractivity contribution in [2.75, 3.05) is 96.2 Å². The summed E-state index contributed by atoms with van der Waals surface area (Å²) in [5, 5.41) is 83.9. The van der Waals surface area contributed by atoms with Gasteiger partial charge in [-0.3, -0.25) is 34.7 Å². The summed E-state index contributed by atoms with van der Waals surface area (Å²) in [7, 11) is 4.91. The molecule has 26 nitrogen and oxygen atoms in total. The Labute approximate surface area is 550 Å². The second-order valence-electron chi connectivity index (χ2n) is 22.1. The second-order valence-corrected chi connectivity index (χ2v) is 22.1. The maximum atomic E-state index is 11.0. The number of hydrogen-bond acceptors (Lipinski definition) is 21. The molecule has 3 fully saturated rings. The zero-order chi connectivity index (χ0) is 69.1. The minimum atomic E-state index is -0.901. The molecule has 95 heavy (non-hydrogen) atoms. The smallest absolute Gasteiger partial charge is 0.337 e. The number of benzene rings is 7. The molecule has 3 saturated heterocycles. The van der Waals surface area contributed by atoms with Crippen molar-refractivity contribution in [3.63, 3.8) is 0 Å². The first kappa shape index (κ1) is 75.2. The van der Waals surface area contributed by atoms with Gasteiger partial charge in [-0.2, -0.15) is 5.26 Å². The van der Waals surface area contributed by atoms with E-state index in [9.17, 15) is 54.7 Å². The molecule has 3 aliphatic rings. The quantitative estimate of drug-likeness (QED) is 0.0148. The van der Waals surface area contributed by atoms with Crippen LogP contribution in [0, 0.1) is 31.6 Å². The third-order valence-corrected chi connectivity index (χ3v) is 15.1. The Kier molecular flexibility index (Phi) is 31.0. The number of nitrogens with two attached hydrogens (primary N) is 1. The Balaban J connectivity index is 0.000000212. The molecule has 0 bridgehead atoms. The van der Waals surface area contributed by atoms with Crippen molar-refractivity contribution in [1.82, 2.24) is 15.5 Å². The molecular formula is C69H82N10O16. The van der Waals surface area contributed by atoms with Crippen molar-refractivity contribution in [2.45, 2.75) is 61.9 Å². The number of carboxylic acids is 1. The lowest BCUT2D eigenvalue weighted by atomic mass is 9.92. The molecule has 0 aromatic heterocycles. The fourth-order valence-electron chi connectivity index (χ4n) is 9.32. The number of carbonyl (C=O) groups is 4. The monoisotopic (exact) mass is 1310 g/mol. The van der Waals surface area contributed by atoms with Crippen LogP contribution in [0.15, 0.2) is 176 Å². The lowest BCUT2D eigenvalue weighted by Gasteiger charge is -2.37. The standard InChI is InChI=1S/C19H22N2O4.C13H18N2O3.C12H16N2O4.C9H9NO3.C8H8N2.C8H9NO2/c22-19(15-25-18-8-6-17(7-9-18)21(23)24)10-12-20(13-11-19)14-16-4-2-1-3-5-16;14-12(16)10-1-3-11(4-2-10)18-9-13(17)5-7-15-8-6-13;15-12(5-7-13-8-6-12)9-18-11-3-1-10(2-4-11)14(16)17;1-13-9(12)7-3-2-4-8(5-7)10-6-11;1-10-8-4-2-7(6-9)3-5-8;1-9-7-4-2-3-6(5-7)8(10)11/h1-9,22H,10-15H2;1-4,15,17H,5-9H2,(H2,14,16);1-4,13,15H,5-9H2;2-6H,1H3,(H,10,11);2-5,10H,1H3;2-5,9H,1H3,(H,10,11). The van der Waals surface area contributed by atoms with E-state index in [0.717, 1.165) is 57.2 Å². The number of carboxylic acid groups (broad SMARTS) is 1. The fraction of sp³-hybridized carbons (Fsp3) is 0.319. The molecule has 26 heteroatoms. The van der Waals surface area contributed by atoms with Crippen molar-refractivity contribution >= 4 is 52.7 Å². The van der Waals surface area contributed by atoms with Crippen LogP contribution in [0.5, 0.6) is 17.2 Å². The fourth-order valence-corrected chi connectivity index (χ4v) is 9.32. The number of anilines is 3. The van der Waals surface area contributed by atoms with Crippen LogP contribution in [0.1, 0.15) is 80.7 Å². The molecule has 504 valence electrons. The average Bonchev–Trinajstić information content (AvgIpc) is 1.97. The third kappa shape index (κ3) is 27.3. The molecule has 2 amide bonds. The predicted molar refractivity (Wildman–Crippen MR) is 359 cm³/mol. The molecule has 3 heterocycles. The maximum absolute atomic E-state index is 11.0. The van der Waals surface area contributed by atoms with Gasteiger partial charge >= 0.3 is 11.9 Å². The number of non-ortho nitro benzene ring substituents is 2. The molecule has 7 aromatic rings. The number of rotatable bonds is 20. The number of nitro benzene ring substituents is 2. The SMILES string of the molecule is CNc1ccc(C#N)cc1.CNc1cccc(C(=O)O)c1.COC(=O)c1cccc(NC=O)c1.NC(=O)c1ccc(OCC2(O)CCNCC2)cc1.O=[N+]([O-])c1ccc(OCC2(O)CCN(Cc3ccccc3)CC2)cc1.O=[N+]([O-])c1ccc(OCC2(O)CCNCC2)cc1. The first-order valence-electron chi connectivity index (χ1n) is 30.3. The van der Waals surface area contributed by atoms with Gasteiger partial charge in [0.05, 0.1) is 39.7 Å². The van der Waals surface area contributed by atoms with Gasteiger partial charge in [0.25, 0.3) is 11.4 Å². The normalized spacial score (nSPS) is 14.6. The van der Waals surface area contributed by atoms with Crippen molar-refractivity contribution in [1.29, 1.82) is 5.26 Å². The summed E-state index contributed by atoms with van der Waals surface area (Å²) in [5.41, 5.74) is 8.33. The Hall–Kier alpha value is -10.5. The number of nitro groups is 2. The van der Waals surface area contributed by atoms with Gasteiger partial charge in [0.2, 0.25) is 12.3 Å². The second kappa shape index (κ2) is 39.1. The molecule has 7 aromatic carbocycles. The highest BCUT2D eigenvalue weighted by atomic mass is 16.6. The molecule has 0 unspecified atom stereocenters. The number of aromatic carboxylic acids is 1. The third-order valence-electron chi connectivity index (χ3n) is 15.1. The van der Waals surface area contributed by atoms with Gasteiger partial charge in [-0.1, -0.05) is 42.5 Å². The summed E-state index contributed by atoms with van der Waals surface area (Å²) in [6.07, 6.45) is 4.52. The number of esters is 1. The van der Waals surface area contributed by atoms with Gasteiger partial charge in [-0.15, -0.1) is 0 Å². The van der Waals surface area contributed by atoms with E-state index < -0.39 is 44.5 Å². The number of hydrogen-bond donors (Lipinski definition) is 10. The van der Waals surface area contributed by atoms with Crippen molar-refractivity contribution < 1.29 is 68.4 Å². The summed E-state index contributed by atoms with van der Waals surface area (Å²) < 4.78 is 21.2. The van der Waals surface area contributed by atoms with Crippen molar-refractivity contribution in [3.8, 4) is 23.3 Å². The molecule has 0 radical (unpaired) electrons. The molecular weight excluding hydrogens is 1220 g/mol. The van der Waals surface area contributed by atoms with Crippen molar-refractivity contribution in [3.05, 3.63) is 224 Å².